The molecular weight excluding hydrogens is 134 g/mol. The van der Waals surface area contributed by atoms with E-state index in [1.54, 1.807) is 0 Å². The maximum absolute atomic E-state index is 3.92. The maximum Gasteiger partial charge on any atom is 0.00486 e. The first-order chi connectivity index (χ1) is 5.16. The summed E-state index contributed by atoms with van der Waals surface area (Å²) in [5.41, 5.74) is 3.80. The number of rotatable bonds is 2. The Morgan fingerprint density at radius 2 is 2.00 bits per heavy atom. The van der Waals surface area contributed by atoms with Crippen molar-refractivity contribution >= 4 is 0 Å². The lowest BCUT2D eigenvalue weighted by Gasteiger charge is -1.88. The van der Waals surface area contributed by atoms with Crippen LogP contribution in [0.4, 0.5) is 0 Å². The van der Waals surface area contributed by atoms with Gasteiger partial charge in [0.2, 0.25) is 0 Å². The quantitative estimate of drug-likeness (QED) is 0.635. The second kappa shape index (κ2) is 2.95. The fourth-order valence-electron chi connectivity index (χ4n) is 1.09. The molecule has 60 valence electrons. The molecule has 0 aromatic rings. The van der Waals surface area contributed by atoms with Crippen LogP contribution in [-0.4, -0.2) is 7.05 Å². The van der Waals surface area contributed by atoms with Gasteiger partial charge in [0.1, 0.15) is 0 Å². The molecule has 1 aliphatic carbocycles. The monoisotopic (exact) mass is 149 g/mol. The van der Waals surface area contributed by atoms with Crippen molar-refractivity contribution in [3.8, 4) is 0 Å². The van der Waals surface area contributed by atoms with Crippen LogP contribution in [-0.2, 0) is 0 Å². The molecule has 0 aromatic carbocycles. The molecule has 0 unspecified atom stereocenters. The van der Waals surface area contributed by atoms with Crippen LogP contribution in [0, 0.1) is 5.92 Å². The Labute approximate surface area is 68.5 Å². The standard InChI is InChI=1S/C10H15N/c1-7(2)5-9-8(3)10(9)6-11-4/h5-7,11H,3H2,1-2,4H3/b9-5-,10-6-. The molecule has 0 bridgehead atoms. The van der Waals surface area contributed by atoms with Gasteiger partial charge in [-0.1, -0.05) is 26.5 Å². The molecule has 0 heterocycles. The maximum atomic E-state index is 3.92. The zero-order chi connectivity index (χ0) is 8.43. The van der Waals surface area contributed by atoms with Crippen molar-refractivity contribution in [1.82, 2.24) is 5.32 Å². The van der Waals surface area contributed by atoms with Crippen LogP contribution < -0.4 is 5.32 Å². The molecule has 0 aliphatic heterocycles. The molecule has 0 saturated heterocycles. The highest BCUT2D eigenvalue weighted by Gasteiger charge is 2.26. The van der Waals surface area contributed by atoms with Crippen LogP contribution in [0.15, 0.2) is 35.6 Å². The summed E-state index contributed by atoms with van der Waals surface area (Å²) in [6.45, 7) is 8.28. The van der Waals surface area contributed by atoms with Crippen molar-refractivity contribution in [2.45, 2.75) is 13.8 Å². The first kappa shape index (κ1) is 8.12. The summed E-state index contributed by atoms with van der Waals surface area (Å²) in [4.78, 5) is 0. The third kappa shape index (κ3) is 1.73. The smallest absolute Gasteiger partial charge is 0.00486 e. The molecule has 11 heavy (non-hydrogen) atoms. The zero-order valence-electron chi connectivity index (χ0n) is 7.44. The number of hydrogen-bond donors (Lipinski definition) is 1. The Morgan fingerprint density at radius 3 is 2.45 bits per heavy atom. The van der Waals surface area contributed by atoms with Gasteiger partial charge in [-0.2, -0.15) is 0 Å². The van der Waals surface area contributed by atoms with Gasteiger partial charge in [-0.25, -0.2) is 0 Å². The summed E-state index contributed by atoms with van der Waals surface area (Å²) in [5.74, 6) is 0.615. The zero-order valence-corrected chi connectivity index (χ0v) is 7.44. The van der Waals surface area contributed by atoms with Gasteiger partial charge in [0, 0.05) is 18.8 Å². The molecule has 0 spiro atoms. The summed E-state index contributed by atoms with van der Waals surface area (Å²) < 4.78 is 0. The molecule has 1 saturated carbocycles. The minimum atomic E-state index is 0.615. The van der Waals surface area contributed by atoms with Crippen LogP contribution in [0.2, 0.25) is 0 Å². The Kier molecular flexibility index (Phi) is 2.18. The van der Waals surface area contributed by atoms with Gasteiger partial charge in [0.15, 0.2) is 0 Å². The van der Waals surface area contributed by atoms with Gasteiger partial charge >= 0.3 is 0 Å². The number of allylic oxidation sites excluding steroid dienone is 4. The molecule has 1 heteroatoms. The normalized spacial score (nSPS) is 23.5. The fraction of sp³-hybridized carbons (Fsp3) is 0.400. The van der Waals surface area contributed by atoms with Crippen molar-refractivity contribution in [2.75, 3.05) is 7.05 Å². The van der Waals surface area contributed by atoms with E-state index in [1.807, 2.05) is 13.2 Å². The molecular formula is C10H15N. The van der Waals surface area contributed by atoms with Crippen molar-refractivity contribution < 1.29 is 0 Å². The van der Waals surface area contributed by atoms with Crippen molar-refractivity contribution in [3.05, 3.63) is 35.6 Å². The summed E-state index contributed by atoms with van der Waals surface area (Å²) in [6.07, 6.45) is 4.24. The Bertz CT molecular complexity index is 231. The average molecular weight is 149 g/mol. The highest BCUT2D eigenvalue weighted by Crippen LogP contribution is 2.42. The van der Waals surface area contributed by atoms with E-state index in [2.05, 4.69) is 31.8 Å². The predicted molar refractivity (Wildman–Crippen MR) is 49.2 cm³/mol. The molecule has 0 aromatic heterocycles. The van der Waals surface area contributed by atoms with E-state index in [-0.39, 0.29) is 0 Å². The van der Waals surface area contributed by atoms with Gasteiger partial charge < -0.3 is 5.32 Å². The lowest BCUT2D eigenvalue weighted by molar-refractivity contribution is 0.830. The first-order valence-electron chi connectivity index (χ1n) is 3.96. The SMILES string of the molecule is C=C1C(=C/NC)/C1=C\C(C)C. The van der Waals surface area contributed by atoms with Crippen LogP contribution in [0.25, 0.3) is 0 Å². The average Bonchev–Trinajstić information content (AvgIpc) is 2.45. The fourth-order valence-corrected chi connectivity index (χ4v) is 1.09. The largest absolute Gasteiger partial charge is 0.393 e. The van der Waals surface area contributed by atoms with Crippen LogP contribution in [0.3, 0.4) is 0 Å². The van der Waals surface area contributed by atoms with Gasteiger partial charge in [-0.15, -0.1) is 0 Å². The van der Waals surface area contributed by atoms with Crippen LogP contribution in [0.1, 0.15) is 13.8 Å². The lowest BCUT2D eigenvalue weighted by Crippen LogP contribution is -1.90. The van der Waals surface area contributed by atoms with Crippen LogP contribution in [0.5, 0.6) is 0 Å². The van der Waals surface area contributed by atoms with E-state index in [1.165, 1.54) is 16.7 Å². The Hall–Kier alpha value is -0.980. The first-order valence-corrected chi connectivity index (χ1v) is 3.96. The summed E-state index contributed by atoms with van der Waals surface area (Å²) in [6, 6.07) is 0. The molecule has 1 N–H and O–H groups in total. The highest BCUT2D eigenvalue weighted by atomic mass is 14.8. The van der Waals surface area contributed by atoms with Gasteiger partial charge in [-0.3, -0.25) is 0 Å². The molecule has 0 radical (unpaired) electrons. The van der Waals surface area contributed by atoms with E-state index in [0.717, 1.165) is 0 Å². The van der Waals surface area contributed by atoms with Gasteiger partial charge in [0.05, 0.1) is 0 Å². The topological polar surface area (TPSA) is 12.0 Å². The van der Waals surface area contributed by atoms with Crippen LogP contribution >= 0.6 is 0 Å². The van der Waals surface area contributed by atoms with Crippen molar-refractivity contribution in [2.24, 2.45) is 5.92 Å². The summed E-state index contributed by atoms with van der Waals surface area (Å²) >= 11 is 0. The molecule has 1 aliphatic rings. The van der Waals surface area contributed by atoms with Crippen molar-refractivity contribution in [3.63, 3.8) is 0 Å². The van der Waals surface area contributed by atoms with Gasteiger partial charge in [0.25, 0.3) is 0 Å². The molecule has 0 amide bonds. The molecule has 1 nitrogen and oxygen atoms in total. The van der Waals surface area contributed by atoms with E-state index < -0.39 is 0 Å². The molecule has 1 fully saturated rings. The number of hydrogen-bond acceptors (Lipinski definition) is 1. The third-order valence-corrected chi connectivity index (χ3v) is 1.67. The minimum absolute atomic E-state index is 0.615. The Balaban J connectivity index is 2.69. The van der Waals surface area contributed by atoms with E-state index >= 15 is 0 Å². The third-order valence-electron chi connectivity index (χ3n) is 1.67. The van der Waals surface area contributed by atoms with Gasteiger partial charge in [-0.05, 0) is 17.1 Å². The summed E-state index contributed by atoms with van der Waals surface area (Å²) in [7, 11) is 1.91. The van der Waals surface area contributed by atoms with E-state index in [9.17, 15) is 0 Å². The second-order valence-corrected chi connectivity index (χ2v) is 3.15. The highest BCUT2D eigenvalue weighted by molar-refractivity contribution is 5.76. The molecule has 1 rings (SSSR count). The van der Waals surface area contributed by atoms with E-state index in [0.29, 0.717) is 5.92 Å². The second-order valence-electron chi connectivity index (χ2n) is 3.15. The lowest BCUT2D eigenvalue weighted by atomic mass is 10.2. The molecule has 0 atom stereocenters. The number of nitrogens with one attached hydrogen (secondary N) is 1. The predicted octanol–water partition coefficient (Wildman–Crippen LogP) is 2.24. The minimum Gasteiger partial charge on any atom is -0.393 e. The Morgan fingerprint density at radius 1 is 1.36 bits per heavy atom. The summed E-state index contributed by atoms with van der Waals surface area (Å²) in [5, 5.41) is 3.00. The van der Waals surface area contributed by atoms with Crippen molar-refractivity contribution in [1.29, 1.82) is 0 Å². The van der Waals surface area contributed by atoms with E-state index in [4.69, 9.17) is 0 Å².